The molecule has 1 aliphatic heterocycles. The Kier molecular flexibility index (Phi) is 2.49. The Balaban J connectivity index is 2.33. The maximum absolute atomic E-state index is 10.9. The van der Waals surface area contributed by atoms with Gasteiger partial charge >= 0.3 is 0 Å². The molecule has 0 saturated carbocycles. The van der Waals surface area contributed by atoms with Gasteiger partial charge in [-0.1, -0.05) is 6.92 Å². The zero-order chi connectivity index (χ0) is 8.43. The van der Waals surface area contributed by atoms with E-state index in [4.69, 9.17) is 5.11 Å². The number of rotatable bonds is 3. The van der Waals surface area contributed by atoms with E-state index in [0.717, 1.165) is 6.42 Å². The number of hydrogen-bond acceptors (Lipinski definition) is 2. The highest BCUT2D eigenvalue weighted by Gasteiger charge is 2.37. The van der Waals surface area contributed by atoms with Crippen LogP contribution in [-0.2, 0) is 4.79 Å². The van der Waals surface area contributed by atoms with E-state index < -0.39 is 0 Å². The molecule has 0 bridgehead atoms. The summed E-state index contributed by atoms with van der Waals surface area (Å²) in [5.41, 5.74) is 0. The Morgan fingerprint density at radius 1 is 1.73 bits per heavy atom. The molecule has 0 aromatic heterocycles. The molecule has 1 amide bonds. The van der Waals surface area contributed by atoms with E-state index in [1.165, 1.54) is 0 Å². The highest BCUT2D eigenvalue weighted by atomic mass is 16.3. The van der Waals surface area contributed by atoms with Crippen LogP contribution in [0.2, 0.25) is 0 Å². The molecule has 64 valence electrons. The fraction of sp³-hybridized carbons (Fsp3) is 0.875. The lowest BCUT2D eigenvalue weighted by atomic mass is 9.85. The Morgan fingerprint density at radius 3 is 2.73 bits per heavy atom. The normalized spacial score (nSPS) is 32.5. The molecule has 0 aromatic rings. The van der Waals surface area contributed by atoms with Gasteiger partial charge < -0.3 is 10.4 Å². The zero-order valence-electron chi connectivity index (χ0n) is 7.00. The third-order valence-electron chi connectivity index (χ3n) is 2.18. The van der Waals surface area contributed by atoms with Gasteiger partial charge in [0.05, 0.1) is 12.0 Å². The van der Waals surface area contributed by atoms with Gasteiger partial charge in [-0.3, -0.25) is 4.79 Å². The van der Waals surface area contributed by atoms with Crippen molar-refractivity contribution in [2.24, 2.45) is 5.92 Å². The van der Waals surface area contributed by atoms with Crippen molar-refractivity contribution in [1.29, 1.82) is 0 Å². The Labute approximate surface area is 66.8 Å². The van der Waals surface area contributed by atoms with E-state index in [1.54, 1.807) is 6.92 Å². The molecule has 1 aliphatic rings. The number of β-lactam (4-membered cyclic amide) rings is 1. The van der Waals surface area contributed by atoms with E-state index in [2.05, 4.69) is 5.32 Å². The quantitative estimate of drug-likeness (QED) is 0.578. The van der Waals surface area contributed by atoms with Crippen LogP contribution in [0.3, 0.4) is 0 Å². The molecule has 0 aliphatic carbocycles. The molecule has 3 nitrogen and oxygen atoms in total. The first kappa shape index (κ1) is 8.53. The first-order valence-electron chi connectivity index (χ1n) is 4.13. The summed E-state index contributed by atoms with van der Waals surface area (Å²) in [6.07, 6.45) is 1.25. The molecule has 3 atom stereocenters. The lowest BCUT2D eigenvalue weighted by Gasteiger charge is -2.36. The van der Waals surface area contributed by atoms with E-state index in [-0.39, 0.29) is 24.0 Å². The van der Waals surface area contributed by atoms with E-state index in [0.29, 0.717) is 6.42 Å². The van der Waals surface area contributed by atoms with Crippen LogP contribution in [-0.4, -0.2) is 23.2 Å². The lowest BCUT2D eigenvalue weighted by molar-refractivity contribution is -0.136. The van der Waals surface area contributed by atoms with Crippen molar-refractivity contribution >= 4 is 5.91 Å². The number of aliphatic hydroxyl groups excluding tert-OH is 1. The third-order valence-corrected chi connectivity index (χ3v) is 2.18. The van der Waals surface area contributed by atoms with Gasteiger partial charge in [0.15, 0.2) is 0 Å². The molecule has 11 heavy (non-hydrogen) atoms. The molecule has 1 fully saturated rings. The standard InChI is InChI=1S/C8H15NO2/c1-3-6-7(4-5(2)10)9-8(6)11/h5-7,10H,3-4H2,1-2H3,(H,9,11)/t5-,6-,7+/m0/s1. The average Bonchev–Trinajstić information content (AvgIpc) is 1.86. The molecule has 0 aromatic carbocycles. The summed E-state index contributed by atoms with van der Waals surface area (Å²) in [4.78, 5) is 10.9. The van der Waals surface area contributed by atoms with E-state index in [9.17, 15) is 4.79 Å². The minimum atomic E-state index is -0.311. The Morgan fingerprint density at radius 2 is 2.36 bits per heavy atom. The minimum Gasteiger partial charge on any atom is -0.393 e. The van der Waals surface area contributed by atoms with Crippen molar-refractivity contribution in [3.63, 3.8) is 0 Å². The van der Waals surface area contributed by atoms with Gasteiger partial charge in [-0.15, -0.1) is 0 Å². The average molecular weight is 157 g/mol. The molecular formula is C8H15NO2. The number of carbonyl (C=O) groups excluding carboxylic acids is 1. The van der Waals surface area contributed by atoms with Crippen LogP contribution in [0.15, 0.2) is 0 Å². The Hall–Kier alpha value is -0.570. The van der Waals surface area contributed by atoms with Gasteiger partial charge in [0.25, 0.3) is 0 Å². The largest absolute Gasteiger partial charge is 0.393 e. The van der Waals surface area contributed by atoms with E-state index >= 15 is 0 Å². The summed E-state index contributed by atoms with van der Waals surface area (Å²) >= 11 is 0. The SMILES string of the molecule is CC[C@@H]1C(=O)N[C@@H]1C[C@H](C)O. The molecule has 1 heterocycles. The fourth-order valence-corrected chi connectivity index (χ4v) is 1.54. The van der Waals surface area contributed by atoms with Crippen LogP contribution in [0.5, 0.6) is 0 Å². The predicted octanol–water partition coefficient (Wildman–Crippen LogP) is 0.282. The summed E-state index contributed by atoms with van der Waals surface area (Å²) in [6.45, 7) is 3.75. The molecule has 1 rings (SSSR count). The second kappa shape index (κ2) is 3.22. The molecule has 1 saturated heterocycles. The topological polar surface area (TPSA) is 49.3 Å². The number of carbonyl (C=O) groups is 1. The Bertz CT molecular complexity index is 156. The minimum absolute atomic E-state index is 0.137. The fourth-order valence-electron chi connectivity index (χ4n) is 1.54. The molecule has 0 spiro atoms. The molecular weight excluding hydrogens is 142 g/mol. The van der Waals surface area contributed by atoms with Crippen LogP contribution >= 0.6 is 0 Å². The second-order valence-electron chi connectivity index (χ2n) is 3.21. The number of hydrogen-bond donors (Lipinski definition) is 2. The summed E-state index contributed by atoms with van der Waals surface area (Å²) in [5.74, 6) is 0.280. The van der Waals surface area contributed by atoms with Crippen LogP contribution in [0, 0.1) is 5.92 Å². The van der Waals surface area contributed by atoms with Crippen LogP contribution < -0.4 is 5.32 Å². The smallest absolute Gasteiger partial charge is 0.225 e. The van der Waals surface area contributed by atoms with Crippen molar-refractivity contribution in [1.82, 2.24) is 5.32 Å². The summed E-state index contributed by atoms with van der Waals surface area (Å²) in [7, 11) is 0. The summed E-state index contributed by atoms with van der Waals surface area (Å²) in [6, 6.07) is 0.215. The van der Waals surface area contributed by atoms with Crippen LogP contribution in [0.25, 0.3) is 0 Å². The molecule has 0 radical (unpaired) electrons. The van der Waals surface area contributed by atoms with Gasteiger partial charge in [0.2, 0.25) is 5.91 Å². The number of aliphatic hydroxyl groups is 1. The molecule has 2 N–H and O–H groups in total. The van der Waals surface area contributed by atoms with E-state index in [1.807, 2.05) is 6.92 Å². The predicted molar refractivity (Wildman–Crippen MR) is 42.0 cm³/mol. The first-order chi connectivity index (χ1) is 5.15. The second-order valence-corrected chi connectivity index (χ2v) is 3.21. The lowest BCUT2D eigenvalue weighted by Crippen LogP contribution is -2.58. The highest BCUT2D eigenvalue weighted by molar-refractivity contribution is 5.85. The zero-order valence-corrected chi connectivity index (χ0v) is 7.00. The van der Waals surface area contributed by atoms with Crippen molar-refractivity contribution in [2.45, 2.75) is 38.8 Å². The van der Waals surface area contributed by atoms with Gasteiger partial charge in [-0.05, 0) is 19.8 Å². The monoisotopic (exact) mass is 157 g/mol. The van der Waals surface area contributed by atoms with Crippen LogP contribution in [0.1, 0.15) is 26.7 Å². The van der Waals surface area contributed by atoms with Crippen LogP contribution in [0.4, 0.5) is 0 Å². The van der Waals surface area contributed by atoms with Gasteiger partial charge in [0, 0.05) is 6.04 Å². The van der Waals surface area contributed by atoms with Gasteiger partial charge in [0.1, 0.15) is 0 Å². The summed E-state index contributed by atoms with van der Waals surface area (Å²) < 4.78 is 0. The van der Waals surface area contributed by atoms with Gasteiger partial charge in [-0.25, -0.2) is 0 Å². The maximum atomic E-state index is 10.9. The molecule has 0 unspecified atom stereocenters. The number of nitrogens with one attached hydrogen (secondary N) is 1. The first-order valence-corrected chi connectivity index (χ1v) is 4.13. The van der Waals surface area contributed by atoms with Gasteiger partial charge in [-0.2, -0.15) is 0 Å². The maximum Gasteiger partial charge on any atom is 0.225 e. The number of amides is 1. The highest BCUT2D eigenvalue weighted by Crippen LogP contribution is 2.22. The third kappa shape index (κ3) is 1.71. The molecule has 3 heteroatoms. The summed E-state index contributed by atoms with van der Waals surface area (Å²) in [5, 5.41) is 11.8. The van der Waals surface area contributed by atoms with Crippen molar-refractivity contribution < 1.29 is 9.90 Å². The van der Waals surface area contributed by atoms with Crippen molar-refractivity contribution in [3.05, 3.63) is 0 Å². The van der Waals surface area contributed by atoms with Crippen molar-refractivity contribution in [3.8, 4) is 0 Å². The van der Waals surface area contributed by atoms with Crippen molar-refractivity contribution in [2.75, 3.05) is 0 Å².